The standard InChI is InChI=1S/C31H40N2OS/c1-2-25-18-19-33(22-29(25)35-23-24-12-6-3-7-13-24)21-28-20-32-31(34-28)30(26-14-8-4-9-15-26)27-16-10-5-11-17-27/h3-4,6-9,12-15,20,25,27,29-30H,2,5,10-11,16-19,21-23H2,1H3. The molecule has 0 amide bonds. The molecule has 1 aromatic heterocycles. The Bertz CT molecular complexity index is 1010. The number of thioether (sulfide) groups is 1. The van der Waals surface area contributed by atoms with Crippen molar-refractivity contribution in [3.63, 3.8) is 0 Å². The van der Waals surface area contributed by atoms with Gasteiger partial charge in [-0.2, -0.15) is 11.8 Å². The van der Waals surface area contributed by atoms with Gasteiger partial charge in [-0.05, 0) is 48.8 Å². The predicted octanol–water partition coefficient (Wildman–Crippen LogP) is 7.92. The van der Waals surface area contributed by atoms with Crippen LogP contribution in [0.4, 0.5) is 0 Å². The van der Waals surface area contributed by atoms with Crippen LogP contribution in [0.2, 0.25) is 0 Å². The molecule has 2 fully saturated rings. The van der Waals surface area contributed by atoms with Gasteiger partial charge < -0.3 is 4.42 Å². The Hall–Kier alpha value is -2.04. The number of benzene rings is 2. The average molecular weight is 489 g/mol. The van der Waals surface area contributed by atoms with Crippen molar-refractivity contribution in [2.45, 2.75) is 75.3 Å². The normalized spacial score (nSPS) is 22.8. The van der Waals surface area contributed by atoms with E-state index in [0.29, 0.717) is 11.2 Å². The second kappa shape index (κ2) is 12.3. The average Bonchev–Trinajstić information content (AvgIpc) is 3.37. The fraction of sp³-hybridized carbons (Fsp3) is 0.516. The van der Waals surface area contributed by atoms with E-state index in [4.69, 9.17) is 9.40 Å². The van der Waals surface area contributed by atoms with E-state index in [1.165, 1.54) is 56.1 Å². The third-order valence-electron chi connectivity index (χ3n) is 8.11. The van der Waals surface area contributed by atoms with Gasteiger partial charge in [0.1, 0.15) is 5.76 Å². The maximum Gasteiger partial charge on any atom is 0.202 e. The van der Waals surface area contributed by atoms with Crippen molar-refractivity contribution < 1.29 is 4.42 Å². The number of hydrogen-bond acceptors (Lipinski definition) is 4. The van der Waals surface area contributed by atoms with Gasteiger partial charge in [0.05, 0.1) is 18.7 Å². The van der Waals surface area contributed by atoms with E-state index in [1.807, 2.05) is 6.20 Å². The lowest BCUT2D eigenvalue weighted by atomic mass is 9.77. The molecule has 3 aromatic rings. The fourth-order valence-electron chi connectivity index (χ4n) is 6.11. The molecule has 0 radical (unpaired) electrons. The van der Waals surface area contributed by atoms with E-state index in [2.05, 4.69) is 84.2 Å². The zero-order valence-corrected chi connectivity index (χ0v) is 22.0. The highest BCUT2D eigenvalue weighted by Crippen LogP contribution is 2.40. The molecule has 186 valence electrons. The van der Waals surface area contributed by atoms with Crippen LogP contribution in [-0.4, -0.2) is 28.2 Å². The van der Waals surface area contributed by atoms with Gasteiger partial charge in [-0.1, -0.05) is 93.3 Å². The third kappa shape index (κ3) is 6.40. The first-order valence-corrected chi connectivity index (χ1v) is 14.7. The molecule has 2 heterocycles. The van der Waals surface area contributed by atoms with Crippen molar-refractivity contribution in [3.8, 4) is 0 Å². The molecule has 1 saturated heterocycles. The molecule has 1 aliphatic carbocycles. The molecule has 0 N–H and O–H groups in total. The molecule has 0 bridgehead atoms. The molecule has 1 aliphatic heterocycles. The number of rotatable bonds is 9. The van der Waals surface area contributed by atoms with Crippen LogP contribution in [0.15, 0.2) is 71.3 Å². The molecule has 35 heavy (non-hydrogen) atoms. The maximum absolute atomic E-state index is 6.51. The maximum atomic E-state index is 6.51. The summed E-state index contributed by atoms with van der Waals surface area (Å²) in [5.41, 5.74) is 2.79. The summed E-state index contributed by atoms with van der Waals surface area (Å²) in [5.74, 6) is 4.78. The molecule has 0 spiro atoms. The second-order valence-corrected chi connectivity index (χ2v) is 11.7. The van der Waals surface area contributed by atoms with Gasteiger partial charge in [0.15, 0.2) is 0 Å². The highest BCUT2D eigenvalue weighted by Gasteiger charge is 2.32. The fourth-order valence-corrected chi connectivity index (χ4v) is 7.63. The van der Waals surface area contributed by atoms with E-state index < -0.39 is 0 Å². The minimum absolute atomic E-state index is 0.283. The van der Waals surface area contributed by atoms with Gasteiger partial charge in [-0.25, -0.2) is 4.98 Å². The van der Waals surface area contributed by atoms with Crippen molar-refractivity contribution in [2.75, 3.05) is 13.1 Å². The minimum atomic E-state index is 0.283. The van der Waals surface area contributed by atoms with E-state index in [9.17, 15) is 0 Å². The van der Waals surface area contributed by atoms with Crippen molar-refractivity contribution in [1.29, 1.82) is 0 Å². The summed E-state index contributed by atoms with van der Waals surface area (Å²) in [6.07, 6.45) is 11.1. The number of aromatic nitrogens is 1. The topological polar surface area (TPSA) is 29.3 Å². The minimum Gasteiger partial charge on any atom is -0.444 e. The second-order valence-electron chi connectivity index (χ2n) is 10.5. The summed E-state index contributed by atoms with van der Waals surface area (Å²) >= 11 is 2.14. The zero-order chi connectivity index (χ0) is 23.9. The monoisotopic (exact) mass is 488 g/mol. The Morgan fingerprint density at radius 2 is 1.71 bits per heavy atom. The molecule has 2 aromatic carbocycles. The van der Waals surface area contributed by atoms with E-state index in [1.54, 1.807) is 0 Å². The van der Waals surface area contributed by atoms with Gasteiger partial charge in [-0.3, -0.25) is 4.90 Å². The Morgan fingerprint density at radius 1 is 0.971 bits per heavy atom. The highest BCUT2D eigenvalue weighted by atomic mass is 32.2. The molecule has 3 atom stereocenters. The Kier molecular flexibility index (Phi) is 8.64. The quantitative estimate of drug-likeness (QED) is 0.306. The van der Waals surface area contributed by atoms with Crippen LogP contribution < -0.4 is 0 Å². The van der Waals surface area contributed by atoms with E-state index in [0.717, 1.165) is 43.0 Å². The number of nitrogens with zero attached hydrogens (tertiary/aromatic N) is 2. The van der Waals surface area contributed by atoms with Crippen LogP contribution in [0.3, 0.4) is 0 Å². The lowest BCUT2D eigenvalue weighted by molar-refractivity contribution is 0.168. The van der Waals surface area contributed by atoms with Crippen molar-refractivity contribution in [2.24, 2.45) is 11.8 Å². The SMILES string of the molecule is CCC1CCN(Cc2cnc(C(c3ccccc3)C3CCCCC3)o2)CC1SCc1ccccc1. The van der Waals surface area contributed by atoms with Crippen molar-refractivity contribution >= 4 is 11.8 Å². The van der Waals surface area contributed by atoms with E-state index in [-0.39, 0.29) is 5.92 Å². The molecule has 3 nitrogen and oxygen atoms in total. The molecule has 2 aliphatic rings. The van der Waals surface area contributed by atoms with Gasteiger partial charge in [0.2, 0.25) is 5.89 Å². The van der Waals surface area contributed by atoms with Gasteiger partial charge in [0.25, 0.3) is 0 Å². The third-order valence-corrected chi connectivity index (χ3v) is 9.57. The predicted molar refractivity (Wildman–Crippen MR) is 147 cm³/mol. The molecular formula is C31H40N2OS. The highest BCUT2D eigenvalue weighted by molar-refractivity contribution is 7.99. The summed E-state index contributed by atoms with van der Waals surface area (Å²) in [4.78, 5) is 7.46. The Morgan fingerprint density at radius 3 is 2.46 bits per heavy atom. The molecule has 5 rings (SSSR count). The number of likely N-dealkylation sites (tertiary alicyclic amines) is 1. The first-order valence-electron chi connectivity index (χ1n) is 13.7. The summed E-state index contributed by atoms with van der Waals surface area (Å²) in [5, 5.41) is 0.677. The largest absolute Gasteiger partial charge is 0.444 e. The number of piperidine rings is 1. The summed E-state index contributed by atoms with van der Waals surface area (Å²) < 4.78 is 6.51. The van der Waals surface area contributed by atoms with Crippen LogP contribution in [-0.2, 0) is 12.3 Å². The number of hydrogen-bond donors (Lipinski definition) is 0. The van der Waals surface area contributed by atoms with Gasteiger partial charge in [0, 0.05) is 17.5 Å². The van der Waals surface area contributed by atoms with E-state index >= 15 is 0 Å². The summed E-state index contributed by atoms with van der Waals surface area (Å²) in [6.45, 7) is 5.52. The van der Waals surface area contributed by atoms with Crippen molar-refractivity contribution in [3.05, 3.63) is 89.6 Å². The molecule has 4 heteroatoms. The Labute approximate surface area is 215 Å². The summed E-state index contributed by atoms with van der Waals surface area (Å²) in [7, 11) is 0. The molecular weight excluding hydrogens is 448 g/mol. The molecule has 1 saturated carbocycles. The first-order chi connectivity index (χ1) is 17.3. The lowest BCUT2D eigenvalue weighted by Crippen LogP contribution is -2.41. The zero-order valence-electron chi connectivity index (χ0n) is 21.1. The van der Waals surface area contributed by atoms with Crippen LogP contribution in [0.1, 0.15) is 80.6 Å². The van der Waals surface area contributed by atoms with Crippen LogP contribution in [0.25, 0.3) is 0 Å². The van der Waals surface area contributed by atoms with Gasteiger partial charge >= 0.3 is 0 Å². The summed E-state index contributed by atoms with van der Waals surface area (Å²) in [6, 6.07) is 21.8. The van der Waals surface area contributed by atoms with Crippen molar-refractivity contribution in [1.82, 2.24) is 9.88 Å². The first kappa shape index (κ1) is 24.6. The van der Waals surface area contributed by atoms with Crippen LogP contribution in [0, 0.1) is 11.8 Å². The lowest BCUT2D eigenvalue weighted by Gasteiger charge is -2.37. The smallest absolute Gasteiger partial charge is 0.202 e. The van der Waals surface area contributed by atoms with Gasteiger partial charge in [-0.15, -0.1) is 0 Å². The van der Waals surface area contributed by atoms with Crippen LogP contribution >= 0.6 is 11.8 Å². The van der Waals surface area contributed by atoms with Crippen LogP contribution in [0.5, 0.6) is 0 Å². The number of oxazole rings is 1. The Balaban J connectivity index is 1.25. The molecule has 3 unspecified atom stereocenters.